The van der Waals surface area contributed by atoms with Gasteiger partial charge in [-0.3, -0.25) is 4.79 Å². The van der Waals surface area contributed by atoms with E-state index in [2.05, 4.69) is 36.1 Å². The number of benzene rings is 2. The molecule has 0 radical (unpaired) electrons. The third-order valence-electron chi connectivity index (χ3n) is 5.64. The molecule has 2 aromatic carbocycles. The van der Waals surface area contributed by atoms with Crippen LogP contribution in [0.2, 0.25) is 0 Å². The van der Waals surface area contributed by atoms with Crippen LogP contribution in [0.3, 0.4) is 0 Å². The second-order valence-electron chi connectivity index (χ2n) is 7.69. The molecule has 138 valence electrons. The summed E-state index contributed by atoms with van der Waals surface area (Å²) in [7, 11) is 4.05. The first-order valence-electron chi connectivity index (χ1n) is 9.46. The van der Waals surface area contributed by atoms with E-state index < -0.39 is 0 Å². The van der Waals surface area contributed by atoms with Crippen LogP contribution >= 0.6 is 0 Å². The summed E-state index contributed by atoms with van der Waals surface area (Å²) in [5.74, 6) is 0.538. The van der Waals surface area contributed by atoms with Gasteiger partial charge in [-0.25, -0.2) is 4.68 Å². The Labute approximate surface area is 160 Å². The molecule has 0 spiro atoms. The number of fused-ring (bicyclic) bond motifs is 1. The molecule has 4 heteroatoms. The molecular weight excluding hydrogens is 334 g/mol. The number of Topliss-reactive ketones (excluding diaryl/α,β-unsaturated/α-hetero) is 1. The largest absolute Gasteiger partial charge is 0.378 e. The van der Waals surface area contributed by atoms with Crippen LogP contribution in [-0.2, 0) is 6.42 Å². The first-order valence-corrected chi connectivity index (χ1v) is 9.46. The van der Waals surface area contributed by atoms with Crippen molar-refractivity contribution in [3.63, 3.8) is 0 Å². The van der Waals surface area contributed by atoms with Crippen LogP contribution < -0.4 is 4.90 Å². The molecule has 0 saturated carbocycles. The Balaban J connectivity index is 1.94. The van der Waals surface area contributed by atoms with E-state index in [1.807, 2.05) is 56.0 Å². The van der Waals surface area contributed by atoms with Crippen LogP contribution in [0.25, 0.3) is 16.9 Å². The first kappa shape index (κ1) is 17.5. The van der Waals surface area contributed by atoms with Crippen molar-refractivity contribution in [3.05, 3.63) is 65.9 Å². The third kappa shape index (κ3) is 2.95. The van der Waals surface area contributed by atoms with E-state index in [-0.39, 0.29) is 11.7 Å². The maximum absolute atomic E-state index is 13.2. The summed E-state index contributed by atoms with van der Waals surface area (Å²) >= 11 is 0. The summed E-state index contributed by atoms with van der Waals surface area (Å²) in [5.41, 5.74) is 5.75. The van der Waals surface area contributed by atoms with Gasteiger partial charge in [-0.05, 0) is 36.6 Å². The average molecular weight is 359 g/mol. The van der Waals surface area contributed by atoms with Gasteiger partial charge in [-0.15, -0.1) is 0 Å². The van der Waals surface area contributed by atoms with Crippen LogP contribution in [0, 0.1) is 11.8 Å². The molecule has 1 aromatic heterocycles. The third-order valence-corrected chi connectivity index (χ3v) is 5.64. The molecule has 4 nitrogen and oxygen atoms in total. The first-order chi connectivity index (χ1) is 13.0. The standard InChI is InChI=1S/C23H25N3O/c1-15-14-20-21(23(27)16(15)2)22(17-10-12-18(13-11-17)25(3)4)26(24-20)19-8-6-5-7-9-19/h5-13,15-16H,14H2,1-4H3/t15-,16+/m0/s1. The minimum Gasteiger partial charge on any atom is -0.378 e. The maximum atomic E-state index is 13.2. The number of ketones is 1. The molecule has 0 bridgehead atoms. The van der Waals surface area contributed by atoms with Gasteiger partial charge in [0.2, 0.25) is 0 Å². The Morgan fingerprint density at radius 2 is 1.67 bits per heavy atom. The van der Waals surface area contributed by atoms with Crippen LogP contribution in [0.4, 0.5) is 5.69 Å². The fourth-order valence-corrected chi connectivity index (χ4v) is 3.77. The lowest BCUT2D eigenvalue weighted by Gasteiger charge is -2.24. The van der Waals surface area contributed by atoms with Crippen molar-refractivity contribution in [2.45, 2.75) is 20.3 Å². The molecule has 1 aliphatic carbocycles. The van der Waals surface area contributed by atoms with Gasteiger partial charge >= 0.3 is 0 Å². The number of para-hydroxylation sites is 1. The van der Waals surface area contributed by atoms with Gasteiger partial charge in [0.05, 0.1) is 22.6 Å². The Bertz CT molecular complexity index is 971. The number of carbonyl (C=O) groups excluding carboxylic acids is 1. The normalized spacial score (nSPS) is 19.0. The SMILES string of the molecule is C[C@H]1Cc2nn(-c3ccccc3)c(-c3ccc(N(C)C)cc3)c2C(=O)[C@@H]1C. The number of hydrogen-bond donors (Lipinski definition) is 0. The molecule has 0 aliphatic heterocycles. The van der Waals surface area contributed by atoms with Crippen LogP contribution in [-0.4, -0.2) is 29.7 Å². The van der Waals surface area contributed by atoms with Gasteiger partial charge in [0.25, 0.3) is 0 Å². The summed E-state index contributed by atoms with van der Waals surface area (Å²) in [4.78, 5) is 15.3. The minimum atomic E-state index is 0.0192. The van der Waals surface area contributed by atoms with Crippen molar-refractivity contribution in [2.24, 2.45) is 11.8 Å². The summed E-state index contributed by atoms with van der Waals surface area (Å²) in [6.07, 6.45) is 0.838. The highest BCUT2D eigenvalue weighted by atomic mass is 16.1. The van der Waals surface area contributed by atoms with E-state index in [9.17, 15) is 4.79 Å². The van der Waals surface area contributed by atoms with Gasteiger partial charge in [0.1, 0.15) is 0 Å². The maximum Gasteiger partial charge on any atom is 0.170 e. The topological polar surface area (TPSA) is 38.1 Å². The molecule has 0 amide bonds. The lowest BCUT2D eigenvalue weighted by atomic mass is 9.78. The highest BCUT2D eigenvalue weighted by Crippen LogP contribution is 2.37. The second kappa shape index (κ2) is 6.69. The van der Waals surface area contributed by atoms with Gasteiger partial charge in [0.15, 0.2) is 5.78 Å². The molecule has 1 heterocycles. The summed E-state index contributed by atoms with van der Waals surface area (Å²) in [6, 6.07) is 18.4. The van der Waals surface area contributed by atoms with E-state index >= 15 is 0 Å². The van der Waals surface area contributed by atoms with Gasteiger partial charge in [0, 0.05) is 31.3 Å². The van der Waals surface area contributed by atoms with Crippen molar-refractivity contribution in [2.75, 3.05) is 19.0 Å². The molecular formula is C23H25N3O. The van der Waals surface area contributed by atoms with Crippen molar-refractivity contribution in [3.8, 4) is 16.9 Å². The summed E-state index contributed by atoms with van der Waals surface area (Å²) in [5, 5.41) is 4.88. The zero-order valence-corrected chi connectivity index (χ0v) is 16.3. The van der Waals surface area contributed by atoms with Crippen molar-refractivity contribution < 1.29 is 4.79 Å². The highest BCUT2D eigenvalue weighted by Gasteiger charge is 2.36. The molecule has 0 saturated heterocycles. The molecule has 0 N–H and O–H groups in total. The van der Waals surface area contributed by atoms with E-state index in [4.69, 9.17) is 5.10 Å². The average Bonchev–Trinajstić information content (AvgIpc) is 3.06. The number of anilines is 1. The van der Waals surface area contributed by atoms with E-state index in [1.54, 1.807) is 0 Å². The Kier molecular flexibility index (Phi) is 4.34. The summed E-state index contributed by atoms with van der Waals surface area (Å²) < 4.78 is 1.94. The smallest absolute Gasteiger partial charge is 0.170 e. The predicted molar refractivity (Wildman–Crippen MR) is 110 cm³/mol. The van der Waals surface area contributed by atoms with E-state index in [0.29, 0.717) is 5.92 Å². The Morgan fingerprint density at radius 3 is 2.30 bits per heavy atom. The van der Waals surface area contributed by atoms with Crippen molar-refractivity contribution in [1.82, 2.24) is 9.78 Å². The molecule has 3 aromatic rings. The molecule has 0 unspecified atom stereocenters. The quantitative estimate of drug-likeness (QED) is 0.685. The van der Waals surface area contributed by atoms with Crippen LogP contribution in [0.1, 0.15) is 29.9 Å². The van der Waals surface area contributed by atoms with Crippen molar-refractivity contribution >= 4 is 11.5 Å². The predicted octanol–water partition coefficient (Wildman–Crippen LogP) is 4.62. The van der Waals surface area contributed by atoms with E-state index in [1.165, 1.54) is 0 Å². The summed E-state index contributed by atoms with van der Waals surface area (Å²) in [6.45, 7) is 4.17. The molecule has 4 rings (SSSR count). The fraction of sp³-hybridized carbons (Fsp3) is 0.304. The zero-order valence-electron chi connectivity index (χ0n) is 16.3. The van der Waals surface area contributed by atoms with Gasteiger partial charge < -0.3 is 4.90 Å². The number of aromatic nitrogens is 2. The zero-order chi connectivity index (χ0) is 19.1. The number of rotatable bonds is 3. The monoisotopic (exact) mass is 359 g/mol. The van der Waals surface area contributed by atoms with E-state index in [0.717, 1.165) is 40.3 Å². The fourth-order valence-electron chi connectivity index (χ4n) is 3.77. The minimum absolute atomic E-state index is 0.0192. The lowest BCUT2D eigenvalue weighted by molar-refractivity contribution is 0.0877. The molecule has 1 aliphatic rings. The van der Waals surface area contributed by atoms with Gasteiger partial charge in [-0.1, -0.05) is 44.2 Å². The number of hydrogen-bond acceptors (Lipinski definition) is 3. The highest BCUT2D eigenvalue weighted by molar-refractivity contribution is 6.05. The van der Waals surface area contributed by atoms with Gasteiger partial charge in [-0.2, -0.15) is 5.10 Å². The Hall–Kier alpha value is -2.88. The van der Waals surface area contributed by atoms with Crippen molar-refractivity contribution in [1.29, 1.82) is 0 Å². The number of carbonyl (C=O) groups is 1. The molecule has 2 atom stereocenters. The molecule has 0 fully saturated rings. The Morgan fingerprint density at radius 1 is 1.00 bits per heavy atom. The number of nitrogens with zero attached hydrogens (tertiary/aromatic N) is 3. The molecule has 27 heavy (non-hydrogen) atoms. The van der Waals surface area contributed by atoms with Crippen LogP contribution in [0.5, 0.6) is 0 Å². The van der Waals surface area contributed by atoms with Crippen LogP contribution in [0.15, 0.2) is 54.6 Å². The second-order valence-corrected chi connectivity index (χ2v) is 7.69. The lowest BCUT2D eigenvalue weighted by Crippen LogP contribution is -2.27.